The van der Waals surface area contributed by atoms with Gasteiger partial charge in [0.1, 0.15) is 16.4 Å². The summed E-state index contributed by atoms with van der Waals surface area (Å²) in [5.74, 6) is 2.23. The van der Waals surface area contributed by atoms with Gasteiger partial charge in [-0.25, -0.2) is 9.97 Å². The minimum Gasteiger partial charge on any atom is -0.458 e. The molecule has 0 aliphatic carbocycles. The van der Waals surface area contributed by atoms with Crippen LogP contribution < -0.4 is 5.73 Å². The van der Waals surface area contributed by atoms with Crippen LogP contribution in [0.25, 0.3) is 21.8 Å². The highest BCUT2D eigenvalue weighted by molar-refractivity contribution is 7.20. The number of amides is 1. The van der Waals surface area contributed by atoms with Crippen LogP contribution in [-0.2, 0) is 11.2 Å². The number of nitrogen functional groups attached to an aromatic ring is 1. The number of carbonyl (C=O) groups is 1. The first-order valence-corrected chi connectivity index (χ1v) is 9.00. The van der Waals surface area contributed by atoms with Crippen LogP contribution in [0.4, 0.5) is 5.82 Å². The lowest BCUT2D eigenvalue weighted by Crippen LogP contribution is -2.40. The van der Waals surface area contributed by atoms with E-state index in [-0.39, 0.29) is 5.91 Å². The number of fused-ring (bicyclic) bond motifs is 1. The van der Waals surface area contributed by atoms with Crippen LogP contribution in [0, 0.1) is 0 Å². The van der Waals surface area contributed by atoms with Gasteiger partial charge in [-0.2, -0.15) is 0 Å². The first-order valence-electron chi connectivity index (χ1n) is 8.19. The van der Waals surface area contributed by atoms with E-state index in [2.05, 4.69) is 9.97 Å². The van der Waals surface area contributed by atoms with Gasteiger partial charge in [-0.05, 0) is 18.2 Å². The van der Waals surface area contributed by atoms with E-state index < -0.39 is 0 Å². The molecule has 0 spiro atoms. The summed E-state index contributed by atoms with van der Waals surface area (Å²) >= 11 is 1.33. The van der Waals surface area contributed by atoms with Crippen LogP contribution in [0.15, 0.2) is 22.6 Å². The van der Waals surface area contributed by atoms with E-state index in [1.807, 2.05) is 19.1 Å². The molecule has 0 atom stereocenters. The molecule has 1 amide bonds. The molecule has 0 aromatic carbocycles. The second-order valence-electron chi connectivity index (χ2n) is 5.79. The predicted molar refractivity (Wildman–Crippen MR) is 95.6 cm³/mol. The van der Waals surface area contributed by atoms with Crippen LogP contribution >= 0.6 is 11.3 Å². The third-order valence-corrected chi connectivity index (χ3v) is 5.18. The van der Waals surface area contributed by atoms with E-state index in [9.17, 15) is 4.79 Å². The van der Waals surface area contributed by atoms with Crippen molar-refractivity contribution in [3.8, 4) is 11.6 Å². The smallest absolute Gasteiger partial charge is 0.264 e. The van der Waals surface area contributed by atoms with Crippen molar-refractivity contribution in [2.24, 2.45) is 0 Å². The molecule has 3 aromatic heterocycles. The van der Waals surface area contributed by atoms with Crippen molar-refractivity contribution in [2.45, 2.75) is 13.3 Å². The maximum Gasteiger partial charge on any atom is 0.264 e. The number of carbonyl (C=O) groups excluding carboxylic acids is 1. The fourth-order valence-corrected chi connectivity index (χ4v) is 3.78. The number of aromatic nitrogens is 2. The van der Waals surface area contributed by atoms with Crippen molar-refractivity contribution in [2.75, 3.05) is 32.0 Å². The SMILES string of the molecule is CCc1ccc(-c2nc(N)c3cc(C(=O)N4CCOCC4)sc3n2)o1. The lowest BCUT2D eigenvalue weighted by molar-refractivity contribution is 0.0306. The summed E-state index contributed by atoms with van der Waals surface area (Å²) in [5.41, 5.74) is 6.09. The van der Waals surface area contributed by atoms with Gasteiger partial charge in [0, 0.05) is 19.5 Å². The van der Waals surface area contributed by atoms with Crippen LogP contribution in [0.5, 0.6) is 0 Å². The quantitative estimate of drug-likeness (QED) is 0.773. The summed E-state index contributed by atoms with van der Waals surface area (Å²) < 4.78 is 11.0. The zero-order chi connectivity index (χ0) is 17.4. The number of rotatable bonds is 3. The Hall–Kier alpha value is -2.45. The summed E-state index contributed by atoms with van der Waals surface area (Å²) in [6.45, 7) is 4.36. The Labute approximate surface area is 148 Å². The topological polar surface area (TPSA) is 94.5 Å². The predicted octanol–water partition coefficient (Wildman–Crippen LogP) is 2.57. The molecule has 8 heteroatoms. The van der Waals surface area contributed by atoms with Gasteiger partial charge < -0.3 is 19.8 Å². The maximum absolute atomic E-state index is 12.7. The Bertz CT molecular complexity index is 927. The Kier molecular flexibility index (Phi) is 4.14. The Morgan fingerprint density at radius 1 is 1.32 bits per heavy atom. The molecule has 1 saturated heterocycles. The fraction of sp³-hybridized carbons (Fsp3) is 0.353. The van der Waals surface area contributed by atoms with Gasteiger partial charge in [0.25, 0.3) is 5.91 Å². The number of nitrogens with two attached hydrogens (primary N) is 1. The molecule has 0 radical (unpaired) electrons. The molecule has 1 aliphatic heterocycles. The van der Waals surface area contributed by atoms with Crippen LogP contribution in [0.2, 0.25) is 0 Å². The third kappa shape index (κ3) is 2.98. The molecular formula is C17H18N4O3S. The lowest BCUT2D eigenvalue weighted by atomic mass is 10.3. The van der Waals surface area contributed by atoms with Crippen molar-refractivity contribution in [1.82, 2.24) is 14.9 Å². The Morgan fingerprint density at radius 3 is 2.84 bits per heavy atom. The molecule has 25 heavy (non-hydrogen) atoms. The molecule has 0 bridgehead atoms. The van der Waals surface area contributed by atoms with Crippen LogP contribution in [0.1, 0.15) is 22.4 Å². The highest BCUT2D eigenvalue weighted by Gasteiger charge is 2.22. The second-order valence-corrected chi connectivity index (χ2v) is 6.82. The maximum atomic E-state index is 12.7. The standard InChI is InChI=1S/C17H18N4O3S/c1-2-10-3-4-12(24-10)15-19-14(18)11-9-13(25-16(11)20-15)17(22)21-5-7-23-8-6-21/h3-4,9H,2,5-8H2,1H3,(H2,18,19,20). The van der Waals surface area contributed by atoms with Crippen molar-refractivity contribution < 1.29 is 13.9 Å². The molecule has 3 aromatic rings. The number of furan rings is 1. The average molecular weight is 358 g/mol. The first kappa shape index (κ1) is 16.0. The molecule has 1 aliphatic rings. The van der Waals surface area contributed by atoms with Crippen molar-refractivity contribution in [1.29, 1.82) is 0 Å². The Balaban J connectivity index is 1.70. The first-order chi connectivity index (χ1) is 12.2. The molecule has 130 valence electrons. The van der Waals surface area contributed by atoms with Gasteiger partial charge in [-0.1, -0.05) is 6.92 Å². The molecule has 1 fully saturated rings. The fourth-order valence-electron chi connectivity index (χ4n) is 2.77. The molecular weight excluding hydrogens is 340 g/mol. The van der Waals surface area contributed by atoms with Crippen LogP contribution in [0.3, 0.4) is 0 Å². The van der Waals surface area contributed by atoms with Gasteiger partial charge in [0.05, 0.1) is 23.5 Å². The van der Waals surface area contributed by atoms with E-state index in [1.54, 1.807) is 11.0 Å². The van der Waals surface area contributed by atoms with Gasteiger partial charge in [-0.15, -0.1) is 11.3 Å². The number of hydrogen-bond acceptors (Lipinski definition) is 7. The normalized spacial score (nSPS) is 15.0. The van der Waals surface area contributed by atoms with Crippen molar-refractivity contribution >= 4 is 33.3 Å². The van der Waals surface area contributed by atoms with E-state index >= 15 is 0 Å². The molecule has 2 N–H and O–H groups in total. The van der Waals surface area contributed by atoms with Crippen molar-refractivity contribution in [3.63, 3.8) is 0 Å². The highest BCUT2D eigenvalue weighted by atomic mass is 32.1. The van der Waals surface area contributed by atoms with E-state index in [0.717, 1.165) is 12.2 Å². The molecule has 0 saturated carbocycles. The minimum atomic E-state index is -0.0153. The number of hydrogen-bond donors (Lipinski definition) is 1. The number of ether oxygens (including phenoxy) is 1. The summed E-state index contributed by atoms with van der Waals surface area (Å²) in [7, 11) is 0. The van der Waals surface area contributed by atoms with Gasteiger partial charge in [-0.3, -0.25) is 4.79 Å². The van der Waals surface area contributed by atoms with Gasteiger partial charge >= 0.3 is 0 Å². The van der Waals surface area contributed by atoms with E-state index in [4.69, 9.17) is 14.9 Å². The second kappa shape index (κ2) is 6.45. The summed E-state index contributed by atoms with van der Waals surface area (Å²) in [6, 6.07) is 5.52. The summed E-state index contributed by atoms with van der Waals surface area (Å²) in [6.07, 6.45) is 0.801. The van der Waals surface area contributed by atoms with Crippen molar-refractivity contribution in [3.05, 3.63) is 28.8 Å². The van der Waals surface area contributed by atoms with Gasteiger partial charge in [0.15, 0.2) is 11.6 Å². The zero-order valence-electron chi connectivity index (χ0n) is 13.8. The third-order valence-electron chi connectivity index (χ3n) is 4.16. The largest absolute Gasteiger partial charge is 0.458 e. The molecule has 4 heterocycles. The number of thiophene rings is 1. The lowest BCUT2D eigenvalue weighted by Gasteiger charge is -2.26. The molecule has 7 nitrogen and oxygen atoms in total. The molecule has 0 unspecified atom stereocenters. The highest BCUT2D eigenvalue weighted by Crippen LogP contribution is 2.31. The van der Waals surface area contributed by atoms with E-state index in [1.165, 1.54) is 11.3 Å². The zero-order valence-corrected chi connectivity index (χ0v) is 14.6. The molecule has 4 rings (SSSR count). The average Bonchev–Trinajstić information content (AvgIpc) is 3.29. The summed E-state index contributed by atoms with van der Waals surface area (Å²) in [4.78, 5) is 24.6. The number of morpholine rings is 1. The minimum absolute atomic E-state index is 0.0153. The van der Waals surface area contributed by atoms with Crippen LogP contribution in [-0.4, -0.2) is 47.1 Å². The number of aryl methyl sites for hydroxylation is 1. The number of anilines is 1. The Morgan fingerprint density at radius 2 is 2.12 bits per heavy atom. The van der Waals surface area contributed by atoms with E-state index in [0.29, 0.717) is 58.8 Å². The summed E-state index contributed by atoms with van der Waals surface area (Å²) in [5, 5.41) is 0.702. The number of nitrogens with zero attached hydrogens (tertiary/aromatic N) is 3. The van der Waals surface area contributed by atoms with Gasteiger partial charge in [0.2, 0.25) is 0 Å². The monoisotopic (exact) mass is 358 g/mol.